The van der Waals surface area contributed by atoms with Gasteiger partial charge in [0, 0.05) is 30.8 Å². The first-order chi connectivity index (χ1) is 13.7. The lowest BCUT2D eigenvalue weighted by atomic mass is 10.1. The monoisotopic (exact) mass is 423 g/mol. The zero-order valence-electron chi connectivity index (χ0n) is 15.4. The van der Waals surface area contributed by atoms with Crippen molar-refractivity contribution in [3.8, 4) is 0 Å². The van der Waals surface area contributed by atoms with Gasteiger partial charge in [0.25, 0.3) is 11.6 Å². The molecule has 9 nitrogen and oxygen atoms in total. The molecule has 1 fully saturated rings. The van der Waals surface area contributed by atoms with E-state index in [1.165, 1.54) is 18.2 Å². The summed E-state index contributed by atoms with van der Waals surface area (Å²) in [7, 11) is -4.14. The van der Waals surface area contributed by atoms with Crippen LogP contribution in [-0.2, 0) is 14.8 Å². The summed E-state index contributed by atoms with van der Waals surface area (Å²) in [6.07, 6.45) is 0. The Morgan fingerprint density at radius 2 is 1.90 bits per heavy atom. The minimum Gasteiger partial charge on any atom is -0.379 e. The van der Waals surface area contributed by atoms with E-state index in [1.54, 1.807) is 6.92 Å². The molecule has 2 aromatic rings. The Bertz CT molecular complexity index is 1070. The lowest BCUT2D eigenvalue weighted by molar-refractivity contribution is -0.384. The van der Waals surface area contributed by atoms with Crippen LogP contribution in [0.2, 0.25) is 0 Å². The van der Waals surface area contributed by atoms with Crippen LogP contribution in [-0.4, -0.2) is 49.9 Å². The van der Waals surface area contributed by atoms with Gasteiger partial charge >= 0.3 is 0 Å². The molecule has 0 aliphatic carbocycles. The van der Waals surface area contributed by atoms with Gasteiger partial charge in [-0.1, -0.05) is 6.07 Å². The molecule has 29 heavy (non-hydrogen) atoms. The number of aryl methyl sites for hydroxylation is 1. The number of nitro groups is 1. The minimum absolute atomic E-state index is 0.0884. The summed E-state index contributed by atoms with van der Waals surface area (Å²) in [4.78, 5) is 22.3. The fourth-order valence-electron chi connectivity index (χ4n) is 2.82. The van der Waals surface area contributed by atoms with E-state index in [2.05, 4.69) is 5.32 Å². The summed E-state index contributed by atoms with van der Waals surface area (Å²) < 4.78 is 46.0. The highest BCUT2D eigenvalue weighted by molar-refractivity contribution is 7.89. The van der Waals surface area contributed by atoms with Gasteiger partial charge in [0.1, 0.15) is 10.7 Å². The quantitative estimate of drug-likeness (QED) is 0.582. The maximum atomic E-state index is 14.3. The number of morpholine rings is 1. The van der Waals surface area contributed by atoms with Crippen LogP contribution in [0.15, 0.2) is 41.3 Å². The number of halogens is 1. The summed E-state index contributed by atoms with van der Waals surface area (Å²) in [5.41, 5.74) is 0.475. The van der Waals surface area contributed by atoms with Gasteiger partial charge in [-0.05, 0) is 30.7 Å². The second-order valence-corrected chi connectivity index (χ2v) is 8.28. The van der Waals surface area contributed by atoms with Crippen molar-refractivity contribution in [1.29, 1.82) is 0 Å². The number of hydrogen-bond acceptors (Lipinski definition) is 6. The number of benzene rings is 2. The van der Waals surface area contributed by atoms with Crippen molar-refractivity contribution in [3.63, 3.8) is 0 Å². The van der Waals surface area contributed by atoms with E-state index in [-0.39, 0.29) is 43.2 Å². The first kappa shape index (κ1) is 20.8. The summed E-state index contributed by atoms with van der Waals surface area (Å²) in [5, 5.41) is 13.4. The molecule has 1 N–H and O–H groups in total. The van der Waals surface area contributed by atoms with Crippen molar-refractivity contribution in [1.82, 2.24) is 4.31 Å². The maximum Gasteiger partial charge on any atom is 0.271 e. The molecule has 11 heteroatoms. The Hall–Kier alpha value is -2.89. The number of non-ortho nitro benzene ring substituents is 1. The molecule has 154 valence electrons. The largest absolute Gasteiger partial charge is 0.379 e. The molecule has 2 aromatic carbocycles. The van der Waals surface area contributed by atoms with Crippen molar-refractivity contribution in [3.05, 3.63) is 63.5 Å². The summed E-state index contributed by atoms with van der Waals surface area (Å²) in [6, 6.07) is 6.99. The van der Waals surface area contributed by atoms with Crippen LogP contribution in [0, 0.1) is 22.9 Å². The molecule has 0 unspecified atom stereocenters. The number of anilines is 1. The van der Waals surface area contributed by atoms with E-state index < -0.39 is 31.6 Å². The van der Waals surface area contributed by atoms with E-state index in [0.717, 1.165) is 22.5 Å². The predicted molar refractivity (Wildman–Crippen MR) is 102 cm³/mol. The van der Waals surface area contributed by atoms with Gasteiger partial charge in [-0.25, -0.2) is 12.8 Å². The van der Waals surface area contributed by atoms with Crippen LogP contribution in [0.5, 0.6) is 0 Å². The number of rotatable bonds is 5. The minimum atomic E-state index is -4.14. The third-order valence-corrected chi connectivity index (χ3v) is 6.38. The normalized spacial score (nSPS) is 15.1. The van der Waals surface area contributed by atoms with Gasteiger partial charge in [0.05, 0.1) is 23.8 Å². The fourth-order valence-corrected chi connectivity index (χ4v) is 4.32. The first-order valence-corrected chi connectivity index (χ1v) is 10.1. The zero-order chi connectivity index (χ0) is 21.2. The van der Waals surface area contributed by atoms with Crippen molar-refractivity contribution in [2.75, 3.05) is 31.6 Å². The molecule has 0 aromatic heterocycles. The average Bonchev–Trinajstić information content (AvgIpc) is 2.70. The predicted octanol–water partition coefficient (Wildman–Crippen LogP) is 2.32. The SMILES string of the molecule is Cc1ccc([N+](=O)[O-])cc1NC(=O)c1ccc(F)c(S(=O)(=O)N2CCOCC2)c1. The molecule has 0 radical (unpaired) electrons. The van der Waals surface area contributed by atoms with Crippen LogP contribution in [0.25, 0.3) is 0 Å². The third kappa shape index (κ3) is 4.42. The number of carbonyl (C=O) groups excluding carboxylic acids is 1. The van der Waals surface area contributed by atoms with Crippen LogP contribution in [0.3, 0.4) is 0 Å². The second-order valence-electron chi connectivity index (χ2n) is 6.37. The van der Waals surface area contributed by atoms with Gasteiger partial charge in [-0.2, -0.15) is 4.31 Å². The lowest BCUT2D eigenvalue weighted by Crippen LogP contribution is -2.41. The number of nitro benzene ring substituents is 1. The van der Waals surface area contributed by atoms with Crippen molar-refractivity contribution < 1.29 is 27.3 Å². The van der Waals surface area contributed by atoms with E-state index in [9.17, 15) is 27.7 Å². The van der Waals surface area contributed by atoms with Crippen LogP contribution in [0.1, 0.15) is 15.9 Å². The molecule has 0 bridgehead atoms. The molecule has 3 rings (SSSR count). The molecule has 1 aliphatic rings. The number of ether oxygens (including phenoxy) is 1. The average molecular weight is 423 g/mol. The molecule has 0 spiro atoms. The number of hydrogen-bond donors (Lipinski definition) is 1. The third-order valence-electron chi connectivity index (χ3n) is 4.46. The van der Waals surface area contributed by atoms with Crippen molar-refractivity contribution >= 4 is 27.3 Å². The zero-order valence-corrected chi connectivity index (χ0v) is 16.2. The smallest absolute Gasteiger partial charge is 0.271 e. The molecule has 0 saturated carbocycles. The Labute approximate surface area is 166 Å². The Balaban J connectivity index is 1.90. The second kappa shape index (κ2) is 8.23. The molecular weight excluding hydrogens is 405 g/mol. The topological polar surface area (TPSA) is 119 Å². The van der Waals surface area contributed by atoms with Crippen LogP contribution in [0.4, 0.5) is 15.8 Å². The van der Waals surface area contributed by atoms with Crippen molar-refractivity contribution in [2.24, 2.45) is 0 Å². The highest BCUT2D eigenvalue weighted by Crippen LogP contribution is 2.25. The molecule has 1 heterocycles. The number of nitrogens with one attached hydrogen (secondary N) is 1. The summed E-state index contributed by atoms with van der Waals surface area (Å²) in [6.45, 7) is 2.23. The number of amides is 1. The summed E-state index contributed by atoms with van der Waals surface area (Å²) >= 11 is 0. The highest BCUT2D eigenvalue weighted by atomic mass is 32.2. The molecule has 0 atom stereocenters. The van der Waals surface area contributed by atoms with Gasteiger partial charge in [0.2, 0.25) is 10.0 Å². The van der Waals surface area contributed by atoms with Gasteiger partial charge in [-0.3, -0.25) is 14.9 Å². The number of sulfonamides is 1. The molecule has 1 amide bonds. The number of carbonyl (C=O) groups is 1. The first-order valence-electron chi connectivity index (χ1n) is 8.64. The van der Waals surface area contributed by atoms with E-state index >= 15 is 0 Å². The van der Waals surface area contributed by atoms with Crippen LogP contribution < -0.4 is 5.32 Å². The Morgan fingerprint density at radius 1 is 1.21 bits per heavy atom. The van der Waals surface area contributed by atoms with Gasteiger partial charge < -0.3 is 10.1 Å². The standard InChI is InChI=1S/C18H18FN3O6S/c1-12-2-4-14(22(24)25)11-16(12)20-18(23)13-3-5-15(19)17(10-13)29(26,27)21-6-8-28-9-7-21/h2-5,10-11H,6-9H2,1H3,(H,20,23). The van der Waals surface area contributed by atoms with E-state index in [4.69, 9.17) is 4.74 Å². The highest BCUT2D eigenvalue weighted by Gasteiger charge is 2.30. The summed E-state index contributed by atoms with van der Waals surface area (Å²) in [5.74, 6) is -1.69. The van der Waals surface area contributed by atoms with Gasteiger partial charge in [-0.15, -0.1) is 0 Å². The Kier molecular flexibility index (Phi) is 5.91. The lowest BCUT2D eigenvalue weighted by Gasteiger charge is -2.26. The van der Waals surface area contributed by atoms with Crippen molar-refractivity contribution in [2.45, 2.75) is 11.8 Å². The molecule has 1 aliphatic heterocycles. The fraction of sp³-hybridized carbons (Fsp3) is 0.278. The van der Waals surface area contributed by atoms with Gasteiger partial charge in [0.15, 0.2) is 0 Å². The Morgan fingerprint density at radius 3 is 2.55 bits per heavy atom. The van der Waals surface area contributed by atoms with Crippen LogP contribution >= 0.6 is 0 Å². The van der Waals surface area contributed by atoms with E-state index in [0.29, 0.717) is 5.56 Å². The molecule has 1 saturated heterocycles. The maximum absolute atomic E-state index is 14.3. The number of nitrogens with zero attached hydrogens (tertiary/aromatic N) is 2. The van der Waals surface area contributed by atoms with E-state index in [1.807, 2.05) is 0 Å². The molecular formula is C18H18FN3O6S.